The van der Waals surface area contributed by atoms with E-state index in [1.54, 1.807) is 6.07 Å². The van der Waals surface area contributed by atoms with Gasteiger partial charge in [-0.1, -0.05) is 119 Å². The number of H-pyrrole nitrogens is 2. The maximum absolute atomic E-state index is 10.2. The molecule has 6 aromatic rings. The third-order valence-electron chi connectivity index (χ3n) is 12.1. The van der Waals surface area contributed by atoms with E-state index in [-0.39, 0.29) is 21.7 Å². The van der Waals surface area contributed by atoms with Crippen molar-refractivity contribution in [3.63, 3.8) is 0 Å². The van der Waals surface area contributed by atoms with E-state index in [1.165, 1.54) is 22.3 Å². The van der Waals surface area contributed by atoms with E-state index in [0.717, 1.165) is 81.8 Å². The fourth-order valence-electron chi connectivity index (χ4n) is 8.26. The highest BCUT2D eigenvalue weighted by molar-refractivity contribution is 14.1. The molecule has 0 saturated carbocycles. The second-order valence-electron chi connectivity index (χ2n) is 21.1. The monoisotopic (exact) mass is 938 g/mol. The van der Waals surface area contributed by atoms with Crippen LogP contribution in [-0.2, 0) is 21.7 Å². The number of aromatic amines is 2. The molecule has 3 aromatic heterocycles. The van der Waals surface area contributed by atoms with E-state index >= 15 is 0 Å². The molecule has 8 rings (SSSR count). The van der Waals surface area contributed by atoms with E-state index in [2.05, 4.69) is 213 Å². The molecule has 3 aromatic carbocycles. The molecule has 63 heavy (non-hydrogen) atoms. The molecule has 6 nitrogen and oxygen atoms in total. The van der Waals surface area contributed by atoms with Gasteiger partial charge in [-0.2, -0.15) is 10.5 Å². The molecule has 0 atom stereocenters. The van der Waals surface area contributed by atoms with Crippen molar-refractivity contribution in [2.45, 2.75) is 105 Å². The van der Waals surface area contributed by atoms with Crippen LogP contribution in [0.5, 0.6) is 0 Å². The number of hydrogen-bond acceptors (Lipinski definition) is 4. The van der Waals surface area contributed by atoms with Gasteiger partial charge in [0.25, 0.3) is 0 Å². The molecule has 0 amide bonds. The predicted molar refractivity (Wildman–Crippen MR) is 272 cm³/mol. The molecule has 0 fully saturated rings. The van der Waals surface area contributed by atoms with Crippen LogP contribution in [0.25, 0.3) is 79.8 Å². The first-order valence-corrected chi connectivity index (χ1v) is 22.7. The highest BCUT2D eigenvalue weighted by Gasteiger charge is 2.26. The molecule has 2 aliphatic heterocycles. The van der Waals surface area contributed by atoms with Crippen LogP contribution in [0.3, 0.4) is 0 Å². The number of hydrogen-bond donors (Lipinski definition) is 2. The fraction of sp³-hybridized carbons (Fsp3) is 0.286. The summed E-state index contributed by atoms with van der Waals surface area (Å²) in [6.45, 7) is 27.1. The molecular weight excluding hydrogens is 884 g/mol. The molecule has 316 valence electrons. The molecule has 0 spiro atoms. The summed E-state index contributed by atoms with van der Waals surface area (Å²) in [6.07, 6.45) is 8.39. The SMILES string of the molecule is CC(C)(C)c1cc(-c2c3nc(c(-c4cc(C#N)cc(C#N)c4)c4ccc([nH]4)c(-c4cc(C(C)(C)C)cc(C(C)(C)C)c4)c4nc(c(I)c5ccc2[nH]5)C=C4)C=C3)cc(C(C)(C)C)c1. The van der Waals surface area contributed by atoms with E-state index < -0.39 is 0 Å². The number of nitriles is 2. The van der Waals surface area contributed by atoms with Crippen molar-refractivity contribution in [2.24, 2.45) is 0 Å². The summed E-state index contributed by atoms with van der Waals surface area (Å²) in [7, 11) is 0. The predicted octanol–water partition coefficient (Wildman–Crippen LogP) is 15.2. The molecule has 0 saturated heterocycles. The fourth-order valence-corrected chi connectivity index (χ4v) is 8.87. The van der Waals surface area contributed by atoms with Gasteiger partial charge < -0.3 is 9.97 Å². The third-order valence-corrected chi connectivity index (χ3v) is 13.2. The number of nitrogens with one attached hydrogen (secondary N) is 2. The zero-order valence-corrected chi connectivity index (χ0v) is 40.6. The van der Waals surface area contributed by atoms with E-state index in [1.807, 2.05) is 12.1 Å². The van der Waals surface area contributed by atoms with Gasteiger partial charge in [0.15, 0.2) is 0 Å². The Bertz CT molecular complexity index is 3010. The summed E-state index contributed by atoms with van der Waals surface area (Å²) in [4.78, 5) is 18.6. The average Bonchev–Trinajstić information content (AvgIpc) is 4.06. The molecule has 0 radical (unpaired) electrons. The number of benzene rings is 3. The Morgan fingerprint density at radius 2 is 0.714 bits per heavy atom. The van der Waals surface area contributed by atoms with Crippen LogP contribution in [0.15, 0.2) is 78.9 Å². The molecule has 0 aliphatic carbocycles. The Hall–Kier alpha value is -6.03. The van der Waals surface area contributed by atoms with Gasteiger partial charge >= 0.3 is 0 Å². The van der Waals surface area contributed by atoms with Crippen molar-refractivity contribution in [3.05, 3.63) is 139 Å². The normalized spacial score (nSPS) is 13.0. The zero-order chi connectivity index (χ0) is 45.4. The third kappa shape index (κ3) is 8.56. The quantitative estimate of drug-likeness (QED) is 0.172. The van der Waals surface area contributed by atoms with Crippen LogP contribution in [-0.4, -0.2) is 19.9 Å². The standard InChI is InChI=1S/C56H55IN6/c1-53(2,3)37-24-35(25-38(28-37)54(4,5)6)50-43-15-13-41(60-43)49(34-22-32(30-58)21-33(23-34)31-59)42-14-16-44(61-42)51(36-26-39(55(7,8)9)29-40(27-36)56(10,11)12)46-18-20-48(63-46)52(57)47-19-17-45(50)62-47/h13-29,60,63H,1-12H3. The maximum atomic E-state index is 10.2. The molecule has 2 N–H and O–H groups in total. The number of aromatic nitrogens is 4. The lowest BCUT2D eigenvalue weighted by atomic mass is 9.78. The van der Waals surface area contributed by atoms with Gasteiger partial charge in [-0.15, -0.1) is 0 Å². The van der Waals surface area contributed by atoms with Gasteiger partial charge in [-0.25, -0.2) is 9.97 Å². The van der Waals surface area contributed by atoms with Crippen LogP contribution >= 0.6 is 22.6 Å². The number of halogens is 1. The van der Waals surface area contributed by atoms with Gasteiger partial charge in [0.05, 0.1) is 55.1 Å². The minimum atomic E-state index is -0.0978. The van der Waals surface area contributed by atoms with Crippen LogP contribution in [0, 0.1) is 26.2 Å². The number of fused-ring (bicyclic) bond motifs is 8. The highest BCUT2D eigenvalue weighted by atomic mass is 127. The van der Waals surface area contributed by atoms with Gasteiger partial charge in [0.2, 0.25) is 0 Å². The summed E-state index contributed by atoms with van der Waals surface area (Å²) in [5.74, 6) is 0. The Morgan fingerprint density at radius 1 is 0.413 bits per heavy atom. The summed E-state index contributed by atoms with van der Waals surface area (Å²) < 4.78 is 1.01. The summed E-state index contributed by atoms with van der Waals surface area (Å²) in [5.41, 5.74) is 17.9. The van der Waals surface area contributed by atoms with Gasteiger partial charge in [-0.05, 0) is 150 Å². The lowest BCUT2D eigenvalue weighted by molar-refractivity contribution is 0.568. The molecular formula is C56H55IN6. The second-order valence-corrected chi connectivity index (χ2v) is 22.1. The van der Waals surface area contributed by atoms with Crippen LogP contribution in [0.2, 0.25) is 0 Å². The molecule has 8 bridgehead atoms. The first-order valence-electron chi connectivity index (χ1n) is 21.6. The molecule has 7 heteroatoms. The molecule has 0 unspecified atom stereocenters. The smallest absolute Gasteiger partial charge is 0.0992 e. The van der Waals surface area contributed by atoms with Crippen molar-refractivity contribution in [1.82, 2.24) is 19.9 Å². The lowest BCUT2D eigenvalue weighted by Crippen LogP contribution is -2.16. The first kappa shape index (κ1) is 43.6. The van der Waals surface area contributed by atoms with E-state index in [9.17, 15) is 10.5 Å². The van der Waals surface area contributed by atoms with Crippen LogP contribution in [0.1, 0.15) is 139 Å². The van der Waals surface area contributed by atoms with Crippen LogP contribution in [0.4, 0.5) is 0 Å². The Labute approximate surface area is 386 Å². The Balaban J connectivity index is 1.57. The van der Waals surface area contributed by atoms with Crippen molar-refractivity contribution < 1.29 is 0 Å². The topological polar surface area (TPSA) is 105 Å². The molecule has 2 aliphatic rings. The van der Waals surface area contributed by atoms with Crippen LogP contribution < -0.4 is 0 Å². The minimum Gasteiger partial charge on any atom is -0.354 e. The van der Waals surface area contributed by atoms with Crippen molar-refractivity contribution in [3.8, 4) is 45.5 Å². The van der Waals surface area contributed by atoms with Crippen molar-refractivity contribution in [1.29, 1.82) is 10.5 Å². The van der Waals surface area contributed by atoms with Crippen molar-refractivity contribution in [2.75, 3.05) is 0 Å². The Morgan fingerprint density at radius 3 is 1.06 bits per heavy atom. The molecule has 5 heterocycles. The summed E-state index contributed by atoms with van der Waals surface area (Å²) in [6, 6.07) is 32.4. The number of rotatable bonds is 3. The Kier molecular flexibility index (Phi) is 10.8. The highest BCUT2D eigenvalue weighted by Crippen LogP contribution is 2.41. The summed E-state index contributed by atoms with van der Waals surface area (Å²) >= 11 is 2.43. The second kappa shape index (κ2) is 15.6. The van der Waals surface area contributed by atoms with Crippen molar-refractivity contribution >= 4 is 69.0 Å². The average molecular weight is 939 g/mol. The zero-order valence-electron chi connectivity index (χ0n) is 38.5. The van der Waals surface area contributed by atoms with Gasteiger partial charge in [0.1, 0.15) is 0 Å². The van der Waals surface area contributed by atoms with Gasteiger partial charge in [-0.3, -0.25) is 0 Å². The van der Waals surface area contributed by atoms with E-state index in [4.69, 9.17) is 9.97 Å². The van der Waals surface area contributed by atoms with Gasteiger partial charge in [0, 0.05) is 33.2 Å². The largest absolute Gasteiger partial charge is 0.354 e. The number of nitrogens with zero attached hydrogens (tertiary/aromatic N) is 4. The minimum absolute atomic E-state index is 0.0978. The van der Waals surface area contributed by atoms with E-state index in [0.29, 0.717) is 11.1 Å². The first-order chi connectivity index (χ1) is 29.5. The summed E-state index contributed by atoms with van der Waals surface area (Å²) in [5, 5.41) is 20.3. The lowest BCUT2D eigenvalue weighted by Gasteiger charge is -2.26. The maximum Gasteiger partial charge on any atom is 0.0992 e.